The van der Waals surface area contributed by atoms with Gasteiger partial charge in [0.2, 0.25) is 5.91 Å². The molecule has 1 aromatic rings. The molecule has 1 fully saturated rings. The molecule has 148 valence electrons. The third kappa shape index (κ3) is 4.34. The summed E-state index contributed by atoms with van der Waals surface area (Å²) >= 11 is 1.44. The predicted molar refractivity (Wildman–Crippen MR) is 103 cm³/mol. The highest BCUT2D eigenvalue weighted by Crippen LogP contribution is 2.40. The van der Waals surface area contributed by atoms with E-state index in [4.69, 9.17) is 4.74 Å². The number of hydrogen-bond donors (Lipinski definition) is 2. The molecule has 27 heavy (non-hydrogen) atoms. The number of fused-ring (bicyclic) bond motifs is 1. The van der Waals surface area contributed by atoms with Crippen molar-refractivity contribution in [2.75, 3.05) is 5.32 Å². The van der Waals surface area contributed by atoms with E-state index in [0.717, 1.165) is 49.0 Å². The van der Waals surface area contributed by atoms with Crippen molar-refractivity contribution >= 4 is 34.2 Å². The van der Waals surface area contributed by atoms with Gasteiger partial charge in [-0.15, -0.1) is 11.3 Å². The molecule has 0 unspecified atom stereocenters. The molecule has 1 aromatic heterocycles. The number of hydrogen-bond acceptors (Lipinski definition) is 5. The van der Waals surface area contributed by atoms with E-state index in [9.17, 15) is 19.5 Å². The number of rotatable bonds is 5. The van der Waals surface area contributed by atoms with Crippen LogP contribution in [0.2, 0.25) is 0 Å². The first-order valence-electron chi connectivity index (χ1n) is 9.77. The molecule has 7 heteroatoms. The number of carbonyl (C=O) groups excluding carboxylic acids is 2. The van der Waals surface area contributed by atoms with Gasteiger partial charge in [-0.1, -0.05) is 12.8 Å². The van der Waals surface area contributed by atoms with Crippen molar-refractivity contribution in [3.63, 3.8) is 0 Å². The SMILES string of the molecule is CC(C)OC(=O)c1c(NC(=O)[C@@H]2CCCC[C@@H]2C(=O)O)sc2c1CCCC2. The van der Waals surface area contributed by atoms with Crippen LogP contribution in [0.1, 0.15) is 73.2 Å². The molecule has 1 amide bonds. The molecule has 2 aliphatic carbocycles. The molecule has 1 heterocycles. The summed E-state index contributed by atoms with van der Waals surface area (Å²) in [6, 6.07) is 0. The summed E-state index contributed by atoms with van der Waals surface area (Å²) < 4.78 is 5.41. The van der Waals surface area contributed by atoms with E-state index in [1.165, 1.54) is 11.3 Å². The maximum absolute atomic E-state index is 12.9. The average molecular weight is 394 g/mol. The highest BCUT2D eigenvalue weighted by molar-refractivity contribution is 7.17. The summed E-state index contributed by atoms with van der Waals surface area (Å²) in [5, 5.41) is 12.9. The molecule has 0 saturated heterocycles. The van der Waals surface area contributed by atoms with Gasteiger partial charge in [0.15, 0.2) is 0 Å². The number of esters is 1. The first-order valence-corrected chi connectivity index (χ1v) is 10.6. The lowest BCUT2D eigenvalue weighted by atomic mass is 9.78. The number of anilines is 1. The molecule has 0 radical (unpaired) electrons. The molecule has 0 aromatic carbocycles. The number of aliphatic carboxylic acids is 1. The monoisotopic (exact) mass is 393 g/mol. The summed E-state index contributed by atoms with van der Waals surface area (Å²) in [7, 11) is 0. The Labute approximate surface area is 163 Å². The van der Waals surface area contributed by atoms with E-state index in [2.05, 4.69) is 5.32 Å². The van der Waals surface area contributed by atoms with Crippen molar-refractivity contribution in [1.29, 1.82) is 0 Å². The minimum atomic E-state index is -0.917. The minimum Gasteiger partial charge on any atom is -0.481 e. The van der Waals surface area contributed by atoms with E-state index in [-0.39, 0.29) is 12.0 Å². The van der Waals surface area contributed by atoms with Crippen LogP contribution in [-0.4, -0.2) is 29.1 Å². The third-order valence-electron chi connectivity index (χ3n) is 5.37. The van der Waals surface area contributed by atoms with Crippen molar-refractivity contribution in [2.45, 2.75) is 71.3 Å². The van der Waals surface area contributed by atoms with Gasteiger partial charge in [-0.25, -0.2) is 4.79 Å². The zero-order valence-corrected chi connectivity index (χ0v) is 16.7. The lowest BCUT2D eigenvalue weighted by molar-refractivity contribution is -0.147. The van der Waals surface area contributed by atoms with Gasteiger partial charge in [0.05, 0.1) is 23.5 Å². The topological polar surface area (TPSA) is 92.7 Å². The van der Waals surface area contributed by atoms with Gasteiger partial charge in [-0.3, -0.25) is 9.59 Å². The Morgan fingerprint density at radius 1 is 1.07 bits per heavy atom. The quantitative estimate of drug-likeness (QED) is 0.737. The van der Waals surface area contributed by atoms with Crippen molar-refractivity contribution in [2.24, 2.45) is 11.8 Å². The number of carboxylic acid groups (broad SMARTS) is 1. The molecule has 0 spiro atoms. The van der Waals surface area contributed by atoms with Crippen molar-refractivity contribution < 1.29 is 24.2 Å². The fraction of sp³-hybridized carbons (Fsp3) is 0.650. The summed E-state index contributed by atoms with van der Waals surface area (Å²) in [6.45, 7) is 3.60. The van der Waals surface area contributed by atoms with E-state index in [1.807, 2.05) is 0 Å². The van der Waals surface area contributed by atoms with Crippen LogP contribution in [0.5, 0.6) is 0 Å². The van der Waals surface area contributed by atoms with Crippen LogP contribution < -0.4 is 5.32 Å². The second kappa shape index (κ2) is 8.42. The number of nitrogens with one attached hydrogen (secondary N) is 1. The van der Waals surface area contributed by atoms with Gasteiger partial charge in [-0.05, 0) is 57.9 Å². The van der Waals surface area contributed by atoms with Gasteiger partial charge < -0.3 is 15.2 Å². The van der Waals surface area contributed by atoms with Crippen LogP contribution in [0.4, 0.5) is 5.00 Å². The zero-order valence-electron chi connectivity index (χ0n) is 15.9. The smallest absolute Gasteiger partial charge is 0.341 e. The van der Waals surface area contributed by atoms with Gasteiger partial charge in [0.1, 0.15) is 5.00 Å². The highest BCUT2D eigenvalue weighted by atomic mass is 32.1. The van der Waals surface area contributed by atoms with Crippen LogP contribution in [0.3, 0.4) is 0 Å². The van der Waals surface area contributed by atoms with Crippen molar-refractivity contribution in [3.05, 3.63) is 16.0 Å². The maximum Gasteiger partial charge on any atom is 0.341 e. The van der Waals surface area contributed by atoms with Crippen molar-refractivity contribution in [1.82, 2.24) is 0 Å². The molecule has 0 aliphatic heterocycles. The van der Waals surface area contributed by atoms with Gasteiger partial charge in [-0.2, -0.15) is 0 Å². The van der Waals surface area contributed by atoms with E-state index in [0.29, 0.717) is 23.4 Å². The molecule has 2 aliphatic rings. The van der Waals surface area contributed by atoms with E-state index >= 15 is 0 Å². The fourth-order valence-corrected chi connectivity index (χ4v) is 5.37. The van der Waals surface area contributed by atoms with Gasteiger partial charge in [0, 0.05) is 4.88 Å². The Kier molecular flexibility index (Phi) is 6.19. The predicted octanol–water partition coefficient (Wildman–Crippen LogP) is 4.02. The standard InChI is InChI=1S/C20H27NO5S/c1-11(2)26-20(25)16-14-9-5-6-10-15(14)27-18(16)21-17(22)12-7-3-4-8-13(12)19(23)24/h11-13H,3-10H2,1-2H3,(H,21,22)(H,23,24)/t12-,13+/m1/s1. The van der Waals surface area contributed by atoms with Crippen LogP contribution in [0.25, 0.3) is 0 Å². The summed E-state index contributed by atoms with van der Waals surface area (Å²) in [5.74, 6) is -2.82. The van der Waals surface area contributed by atoms with Crippen LogP contribution in [-0.2, 0) is 27.2 Å². The molecular weight excluding hydrogens is 366 g/mol. The number of amides is 1. The second-order valence-electron chi connectivity index (χ2n) is 7.69. The lowest BCUT2D eigenvalue weighted by Crippen LogP contribution is -2.36. The average Bonchev–Trinajstić information content (AvgIpc) is 2.98. The fourth-order valence-electron chi connectivity index (χ4n) is 4.09. The number of aryl methyl sites for hydroxylation is 1. The van der Waals surface area contributed by atoms with Crippen molar-refractivity contribution in [3.8, 4) is 0 Å². The molecule has 6 nitrogen and oxygen atoms in total. The number of thiophene rings is 1. The number of ether oxygens (including phenoxy) is 1. The summed E-state index contributed by atoms with van der Waals surface area (Å²) in [5.41, 5.74) is 1.46. The highest BCUT2D eigenvalue weighted by Gasteiger charge is 2.37. The first kappa shape index (κ1) is 19.9. The molecule has 3 rings (SSSR count). The zero-order chi connectivity index (χ0) is 19.6. The normalized spacial score (nSPS) is 22.2. The lowest BCUT2D eigenvalue weighted by Gasteiger charge is -2.27. The van der Waals surface area contributed by atoms with E-state index in [1.54, 1.807) is 13.8 Å². The van der Waals surface area contributed by atoms with E-state index < -0.39 is 23.8 Å². The molecule has 2 N–H and O–H groups in total. The molecule has 2 atom stereocenters. The Morgan fingerprint density at radius 3 is 2.41 bits per heavy atom. The molecular formula is C20H27NO5S. The van der Waals surface area contributed by atoms with Gasteiger partial charge in [0.25, 0.3) is 0 Å². The number of carbonyl (C=O) groups is 3. The van der Waals surface area contributed by atoms with Crippen LogP contribution in [0.15, 0.2) is 0 Å². The summed E-state index contributed by atoms with van der Waals surface area (Å²) in [4.78, 5) is 38.2. The molecule has 1 saturated carbocycles. The van der Waals surface area contributed by atoms with Gasteiger partial charge >= 0.3 is 11.9 Å². The Hall–Kier alpha value is -1.89. The maximum atomic E-state index is 12.9. The Morgan fingerprint density at radius 2 is 1.74 bits per heavy atom. The first-order chi connectivity index (χ1) is 12.9. The molecule has 0 bridgehead atoms. The largest absolute Gasteiger partial charge is 0.481 e. The minimum absolute atomic E-state index is 0.241. The Balaban J connectivity index is 1.87. The third-order valence-corrected chi connectivity index (χ3v) is 6.58. The summed E-state index contributed by atoms with van der Waals surface area (Å²) in [6.07, 6.45) is 6.34. The van der Waals surface area contributed by atoms with Crippen LogP contribution >= 0.6 is 11.3 Å². The number of carboxylic acids is 1. The Bertz CT molecular complexity index is 739. The van der Waals surface area contributed by atoms with Crippen LogP contribution in [0, 0.1) is 11.8 Å². The second-order valence-corrected chi connectivity index (χ2v) is 8.80.